The maximum atomic E-state index is 12.6. The zero-order valence-electron chi connectivity index (χ0n) is 14.4. The van der Waals surface area contributed by atoms with Gasteiger partial charge in [0, 0.05) is 5.56 Å². The van der Waals surface area contributed by atoms with E-state index in [4.69, 9.17) is 4.55 Å². The van der Waals surface area contributed by atoms with E-state index in [1.54, 1.807) is 12.1 Å². The molecule has 0 bridgehead atoms. The van der Waals surface area contributed by atoms with Crippen LogP contribution in [0.25, 0.3) is 10.8 Å². The Labute approximate surface area is 157 Å². The quantitative estimate of drug-likeness (QED) is 0.610. The highest BCUT2D eigenvalue weighted by molar-refractivity contribution is 7.80. The molecular weight excluding hydrogens is 366 g/mol. The lowest BCUT2D eigenvalue weighted by Crippen LogP contribution is -2.40. The molecule has 0 aliphatic carbocycles. The highest BCUT2D eigenvalue weighted by Gasteiger charge is 2.18. The third kappa shape index (κ3) is 5.62. The van der Waals surface area contributed by atoms with Gasteiger partial charge in [0.05, 0.1) is 12.6 Å². The summed E-state index contributed by atoms with van der Waals surface area (Å²) in [6, 6.07) is 21.7. The molecule has 0 radical (unpaired) electrons. The molecule has 0 saturated heterocycles. The minimum Gasteiger partial charge on any atom is -0.347 e. The fraction of sp³-hybridized carbons (Fsp3) is 0.150. The lowest BCUT2D eigenvalue weighted by Gasteiger charge is -2.18. The summed E-state index contributed by atoms with van der Waals surface area (Å²) in [6.45, 7) is -0.368. The van der Waals surface area contributed by atoms with Gasteiger partial charge in [0.2, 0.25) is 0 Å². The van der Waals surface area contributed by atoms with E-state index >= 15 is 0 Å². The second kappa shape index (κ2) is 8.30. The topological polar surface area (TPSA) is 92.7 Å². The molecule has 1 amide bonds. The Balaban J connectivity index is 1.77. The maximum absolute atomic E-state index is 12.6. The summed E-state index contributed by atoms with van der Waals surface area (Å²) in [7, 11) is -4.59. The molecule has 0 aliphatic heterocycles. The van der Waals surface area contributed by atoms with Gasteiger partial charge in [0.25, 0.3) is 5.91 Å². The molecule has 1 atom stereocenters. The van der Waals surface area contributed by atoms with Crippen molar-refractivity contribution in [3.63, 3.8) is 0 Å². The molecule has 0 unspecified atom stereocenters. The van der Waals surface area contributed by atoms with Crippen LogP contribution < -0.4 is 5.32 Å². The van der Waals surface area contributed by atoms with Gasteiger partial charge < -0.3 is 5.32 Å². The lowest BCUT2D eigenvalue weighted by molar-refractivity contribution is 0.0919. The van der Waals surface area contributed by atoms with Crippen LogP contribution in [0.5, 0.6) is 0 Å². The molecule has 3 aromatic rings. The molecule has 0 saturated carbocycles. The first-order chi connectivity index (χ1) is 12.9. The van der Waals surface area contributed by atoms with Crippen molar-refractivity contribution in [1.82, 2.24) is 5.32 Å². The smallest absolute Gasteiger partial charge is 0.347 e. The van der Waals surface area contributed by atoms with Gasteiger partial charge in [-0.3, -0.25) is 9.35 Å². The van der Waals surface area contributed by atoms with Crippen molar-refractivity contribution in [2.75, 3.05) is 6.61 Å². The predicted octanol–water partition coefficient (Wildman–Crippen LogP) is 3.00. The van der Waals surface area contributed by atoms with Crippen LogP contribution in [0.4, 0.5) is 0 Å². The molecule has 140 valence electrons. The van der Waals surface area contributed by atoms with Crippen molar-refractivity contribution in [3.8, 4) is 0 Å². The number of hydrogen-bond donors (Lipinski definition) is 2. The minimum atomic E-state index is -4.59. The normalized spacial score (nSPS) is 12.6. The molecule has 0 aromatic heterocycles. The van der Waals surface area contributed by atoms with Crippen molar-refractivity contribution in [2.24, 2.45) is 0 Å². The van der Waals surface area contributed by atoms with E-state index in [9.17, 15) is 13.2 Å². The maximum Gasteiger partial charge on any atom is 0.397 e. The number of benzene rings is 3. The average Bonchev–Trinajstić information content (AvgIpc) is 2.66. The van der Waals surface area contributed by atoms with Gasteiger partial charge in [-0.15, -0.1) is 0 Å². The van der Waals surface area contributed by atoms with Gasteiger partial charge in [0.1, 0.15) is 0 Å². The second-order valence-corrected chi connectivity index (χ2v) is 7.23. The van der Waals surface area contributed by atoms with E-state index in [-0.39, 0.29) is 12.5 Å². The summed E-state index contributed by atoms with van der Waals surface area (Å²) in [5, 5.41) is 4.73. The summed E-state index contributed by atoms with van der Waals surface area (Å²) in [5.74, 6) is -0.347. The number of carbonyl (C=O) groups is 1. The van der Waals surface area contributed by atoms with E-state index in [1.807, 2.05) is 60.7 Å². The molecular formula is C20H19NO5S. The van der Waals surface area contributed by atoms with E-state index in [0.717, 1.165) is 16.3 Å². The Morgan fingerprint density at radius 3 is 2.33 bits per heavy atom. The van der Waals surface area contributed by atoms with Gasteiger partial charge in [-0.05, 0) is 34.9 Å². The van der Waals surface area contributed by atoms with Crippen LogP contribution in [-0.4, -0.2) is 31.5 Å². The van der Waals surface area contributed by atoms with Crippen LogP contribution in [0.3, 0.4) is 0 Å². The summed E-state index contributed by atoms with van der Waals surface area (Å²) in [4.78, 5) is 12.6. The van der Waals surface area contributed by atoms with Crippen molar-refractivity contribution < 1.29 is 21.9 Å². The first kappa shape index (κ1) is 19.0. The Morgan fingerprint density at radius 1 is 0.963 bits per heavy atom. The van der Waals surface area contributed by atoms with Gasteiger partial charge in [-0.1, -0.05) is 60.7 Å². The van der Waals surface area contributed by atoms with E-state index in [2.05, 4.69) is 9.50 Å². The van der Waals surface area contributed by atoms with Crippen LogP contribution in [-0.2, 0) is 21.0 Å². The Bertz CT molecular complexity index is 1030. The van der Waals surface area contributed by atoms with Crippen molar-refractivity contribution >= 4 is 27.1 Å². The van der Waals surface area contributed by atoms with Crippen molar-refractivity contribution in [2.45, 2.75) is 12.5 Å². The predicted molar refractivity (Wildman–Crippen MR) is 103 cm³/mol. The van der Waals surface area contributed by atoms with E-state index < -0.39 is 16.4 Å². The molecule has 0 heterocycles. The standard InChI is InChI=1S/C20H19NO5S/c22-20(18-11-10-16-8-4-5-9-17(16)13-18)21-19(14-26-27(23,24)25)12-15-6-2-1-3-7-15/h1-11,13,19H,12,14H2,(H,21,22)(H,23,24,25)/t19-/m1/s1. The largest absolute Gasteiger partial charge is 0.397 e. The molecule has 0 fully saturated rings. The molecule has 3 aromatic carbocycles. The second-order valence-electron chi connectivity index (χ2n) is 6.13. The van der Waals surface area contributed by atoms with Crippen LogP contribution in [0, 0.1) is 0 Å². The number of rotatable bonds is 7. The van der Waals surface area contributed by atoms with Gasteiger partial charge >= 0.3 is 10.4 Å². The Kier molecular flexibility index (Phi) is 5.85. The Hall–Kier alpha value is -2.74. The zero-order valence-corrected chi connectivity index (χ0v) is 15.2. The van der Waals surface area contributed by atoms with Gasteiger partial charge in [-0.25, -0.2) is 4.18 Å². The molecule has 7 heteroatoms. The van der Waals surface area contributed by atoms with Crippen LogP contribution in [0.15, 0.2) is 72.8 Å². The third-order valence-corrected chi connectivity index (χ3v) is 4.52. The highest BCUT2D eigenvalue weighted by Crippen LogP contribution is 2.16. The summed E-state index contributed by atoms with van der Waals surface area (Å²) in [6.07, 6.45) is 0.357. The van der Waals surface area contributed by atoms with E-state index in [0.29, 0.717) is 12.0 Å². The zero-order chi connectivity index (χ0) is 19.3. The van der Waals surface area contributed by atoms with Gasteiger partial charge in [-0.2, -0.15) is 8.42 Å². The fourth-order valence-corrected chi connectivity index (χ4v) is 3.15. The van der Waals surface area contributed by atoms with Crippen LogP contribution >= 0.6 is 0 Å². The summed E-state index contributed by atoms with van der Waals surface area (Å²) in [5.41, 5.74) is 1.36. The first-order valence-corrected chi connectivity index (χ1v) is 9.73. The highest BCUT2D eigenvalue weighted by atomic mass is 32.3. The van der Waals surface area contributed by atoms with Crippen LogP contribution in [0.2, 0.25) is 0 Å². The molecule has 6 nitrogen and oxygen atoms in total. The Morgan fingerprint density at radius 2 is 1.63 bits per heavy atom. The number of carbonyl (C=O) groups excluding carboxylic acids is 1. The average molecular weight is 385 g/mol. The summed E-state index contributed by atoms with van der Waals surface area (Å²) < 4.78 is 35.1. The summed E-state index contributed by atoms with van der Waals surface area (Å²) >= 11 is 0. The van der Waals surface area contributed by atoms with Crippen LogP contribution in [0.1, 0.15) is 15.9 Å². The van der Waals surface area contributed by atoms with Gasteiger partial charge in [0.15, 0.2) is 0 Å². The number of hydrogen-bond acceptors (Lipinski definition) is 4. The van der Waals surface area contributed by atoms with Crippen molar-refractivity contribution in [3.05, 3.63) is 83.9 Å². The molecule has 3 rings (SSSR count). The lowest BCUT2D eigenvalue weighted by atomic mass is 10.0. The molecule has 27 heavy (non-hydrogen) atoms. The monoisotopic (exact) mass is 385 g/mol. The minimum absolute atomic E-state index is 0.347. The molecule has 0 aliphatic rings. The molecule has 2 N–H and O–H groups in total. The number of fused-ring (bicyclic) bond motifs is 1. The molecule has 0 spiro atoms. The SMILES string of the molecule is O=C(N[C@@H](COS(=O)(=O)O)Cc1ccccc1)c1ccc2ccccc2c1. The third-order valence-electron chi connectivity index (χ3n) is 4.09. The first-order valence-electron chi connectivity index (χ1n) is 8.36. The van der Waals surface area contributed by atoms with E-state index in [1.165, 1.54) is 0 Å². The fourth-order valence-electron chi connectivity index (χ4n) is 2.82. The number of nitrogens with one attached hydrogen (secondary N) is 1. The van der Waals surface area contributed by atoms with Crippen molar-refractivity contribution in [1.29, 1.82) is 0 Å². The number of amides is 1.